The van der Waals surface area contributed by atoms with E-state index in [1.165, 1.54) is 5.56 Å². The van der Waals surface area contributed by atoms with E-state index in [0.717, 1.165) is 6.42 Å². The molecule has 1 unspecified atom stereocenters. The SMILES string of the molecule is CCOC(=O)c1ccccc1NC(=O)C(C)Oc1ccc(CC)cc1. The Morgan fingerprint density at radius 2 is 1.72 bits per heavy atom. The summed E-state index contributed by atoms with van der Waals surface area (Å²) in [6.07, 6.45) is 0.240. The van der Waals surface area contributed by atoms with Crippen LogP contribution in [0.3, 0.4) is 0 Å². The molecule has 0 radical (unpaired) electrons. The fourth-order valence-corrected chi connectivity index (χ4v) is 2.27. The molecule has 5 heteroatoms. The molecule has 2 rings (SSSR count). The summed E-state index contributed by atoms with van der Waals surface area (Å²) >= 11 is 0. The average Bonchev–Trinajstić information content (AvgIpc) is 2.63. The first-order valence-corrected chi connectivity index (χ1v) is 8.37. The van der Waals surface area contributed by atoms with Gasteiger partial charge >= 0.3 is 5.97 Å². The van der Waals surface area contributed by atoms with E-state index in [9.17, 15) is 9.59 Å². The number of hydrogen-bond acceptors (Lipinski definition) is 4. The lowest BCUT2D eigenvalue weighted by molar-refractivity contribution is -0.122. The zero-order valence-electron chi connectivity index (χ0n) is 14.7. The van der Waals surface area contributed by atoms with Crippen molar-refractivity contribution in [3.63, 3.8) is 0 Å². The second kappa shape index (κ2) is 8.87. The van der Waals surface area contributed by atoms with Crippen LogP contribution in [0.15, 0.2) is 48.5 Å². The number of carbonyl (C=O) groups excluding carboxylic acids is 2. The van der Waals surface area contributed by atoms with E-state index < -0.39 is 12.1 Å². The molecule has 132 valence electrons. The molecule has 5 nitrogen and oxygen atoms in total. The number of amides is 1. The molecule has 0 aliphatic heterocycles. The molecule has 0 saturated heterocycles. The Morgan fingerprint density at radius 3 is 2.36 bits per heavy atom. The van der Waals surface area contributed by atoms with Crippen molar-refractivity contribution in [1.82, 2.24) is 0 Å². The number of benzene rings is 2. The van der Waals surface area contributed by atoms with Gasteiger partial charge in [-0.1, -0.05) is 31.2 Å². The molecule has 0 saturated carbocycles. The van der Waals surface area contributed by atoms with Crippen molar-refractivity contribution in [1.29, 1.82) is 0 Å². The smallest absolute Gasteiger partial charge is 0.340 e. The van der Waals surface area contributed by atoms with Crippen LogP contribution in [0.1, 0.15) is 36.7 Å². The molecule has 0 aromatic heterocycles. The second-order valence-electron chi connectivity index (χ2n) is 5.51. The number of anilines is 1. The number of nitrogens with one attached hydrogen (secondary N) is 1. The highest BCUT2D eigenvalue weighted by atomic mass is 16.5. The maximum absolute atomic E-state index is 12.4. The molecule has 0 fully saturated rings. The van der Waals surface area contributed by atoms with Gasteiger partial charge in [-0.15, -0.1) is 0 Å². The molecule has 0 aliphatic carbocycles. The molecular formula is C20H23NO4. The highest BCUT2D eigenvalue weighted by molar-refractivity contribution is 6.02. The van der Waals surface area contributed by atoms with Crippen molar-refractivity contribution in [2.45, 2.75) is 33.3 Å². The maximum atomic E-state index is 12.4. The first-order chi connectivity index (χ1) is 12.0. The maximum Gasteiger partial charge on any atom is 0.340 e. The predicted octanol–water partition coefficient (Wildman–Crippen LogP) is 3.83. The van der Waals surface area contributed by atoms with Crippen LogP contribution < -0.4 is 10.1 Å². The van der Waals surface area contributed by atoms with Gasteiger partial charge in [-0.25, -0.2) is 4.79 Å². The predicted molar refractivity (Wildman–Crippen MR) is 96.9 cm³/mol. The van der Waals surface area contributed by atoms with E-state index in [1.807, 2.05) is 24.3 Å². The molecule has 0 aliphatic rings. The largest absolute Gasteiger partial charge is 0.481 e. The summed E-state index contributed by atoms with van der Waals surface area (Å²) in [5.74, 6) is -0.183. The van der Waals surface area contributed by atoms with Gasteiger partial charge in [-0.3, -0.25) is 4.79 Å². The number of rotatable bonds is 7. The lowest BCUT2D eigenvalue weighted by atomic mass is 10.1. The average molecular weight is 341 g/mol. The topological polar surface area (TPSA) is 64.6 Å². The van der Waals surface area contributed by atoms with Crippen LogP contribution in [0.5, 0.6) is 5.75 Å². The summed E-state index contributed by atoms with van der Waals surface area (Å²) in [5, 5.41) is 2.73. The van der Waals surface area contributed by atoms with Crippen molar-refractivity contribution in [2.24, 2.45) is 0 Å². The third-order valence-electron chi connectivity index (χ3n) is 3.69. The van der Waals surface area contributed by atoms with Crippen molar-refractivity contribution in [3.05, 3.63) is 59.7 Å². The Labute approximate surface area is 148 Å². The minimum absolute atomic E-state index is 0.272. The summed E-state index contributed by atoms with van der Waals surface area (Å²) in [6, 6.07) is 14.4. The molecular weight excluding hydrogens is 318 g/mol. The second-order valence-corrected chi connectivity index (χ2v) is 5.51. The molecule has 1 amide bonds. The highest BCUT2D eigenvalue weighted by Gasteiger charge is 2.18. The fourth-order valence-electron chi connectivity index (χ4n) is 2.27. The van der Waals surface area contributed by atoms with E-state index in [-0.39, 0.29) is 12.5 Å². The number of esters is 1. The number of aryl methyl sites for hydroxylation is 1. The van der Waals surface area contributed by atoms with E-state index in [2.05, 4.69) is 12.2 Å². The molecule has 1 N–H and O–H groups in total. The van der Waals surface area contributed by atoms with E-state index in [0.29, 0.717) is 17.0 Å². The van der Waals surface area contributed by atoms with Gasteiger partial charge in [-0.05, 0) is 50.1 Å². The van der Waals surface area contributed by atoms with Crippen LogP contribution in [-0.4, -0.2) is 24.6 Å². The Kier molecular flexibility index (Phi) is 6.57. The van der Waals surface area contributed by atoms with E-state index >= 15 is 0 Å². The van der Waals surface area contributed by atoms with Gasteiger partial charge in [0.25, 0.3) is 5.91 Å². The molecule has 0 heterocycles. The van der Waals surface area contributed by atoms with E-state index in [1.54, 1.807) is 38.1 Å². The summed E-state index contributed by atoms with van der Waals surface area (Å²) in [6.45, 7) is 5.75. The normalized spacial score (nSPS) is 11.5. The highest BCUT2D eigenvalue weighted by Crippen LogP contribution is 2.18. The van der Waals surface area contributed by atoms with Crippen LogP contribution in [0, 0.1) is 0 Å². The summed E-state index contributed by atoms with van der Waals surface area (Å²) in [4.78, 5) is 24.3. The summed E-state index contributed by atoms with van der Waals surface area (Å²) in [7, 11) is 0. The Balaban J connectivity index is 2.04. The Hall–Kier alpha value is -2.82. The van der Waals surface area contributed by atoms with Crippen molar-refractivity contribution < 1.29 is 19.1 Å². The third kappa shape index (κ3) is 5.08. The minimum Gasteiger partial charge on any atom is -0.481 e. The number of hydrogen-bond donors (Lipinski definition) is 1. The molecule has 2 aromatic rings. The zero-order chi connectivity index (χ0) is 18.2. The minimum atomic E-state index is -0.706. The van der Waals surface area contributed by atoms with Crippen molar-refractivity contribution in [3.8, 4) is 5.75 Å². The number of carbonyl (C=O) groups is 2. The summed E-state index contributed by atoms with van der Waals surface area (Å²) in [5.41, 5.74) is 1.92. The van der Waals surface area contributed by atoms with Crippen molar-refractivity contribution in [2.75, 3.05) is 11.9 Å². The van der Waals surface area contributed by atoms with E-state index in [4.69, 9.17) is 9.47 Å². The van der Waals surface area contributed by atoms with Crippen LogP contribution in [0.2, 0.25) is 0 Å². The summed E-state index contributed by atoms with van der Waals surface area (Å²) < 4.78 is 10.7. The molecule has 1 atom stereocenters. The van der Waals surface area contributed by atoms with Crippen LogP contribution in [0.4, 0.5) is 5.69 Å². The molecule has 0 spiro atoms. The quantitative estimate of drug-likeness (QED) is 0.777. The van der Waals surface area contributed by atoms with Gasteiger partial charge in [0.2, 0.25) is 0 Å². The molecule has 0 bridgehead atoms. The van der Waals surface area contributed by atoms with Gasteiger partial charge in [-0.2, -0.15) is 0 Å². The molecule has 2 aromatic carbocycles. The monoisotopic (exact) mass is 341 g/mol. The Bertz CT molecular complexity index is 725. The Morgan fingerprint density at radius 1 is 1.04 bits per heavy atom. The van der Waals surface area contributed by atoms with Crippen LogP contribution in [-0.2, 0) is 16.0 Å². The zero-order valence-corrected chi connectivity index (χ0v) is 14.7. The molecule has 25 heavy (non-hydrogen) atoms. The number of para-hydroxylation sites is 1. The van der Waals surface area contributed by atoms with Gasteiger partial charge in [0.05, 0.1) is 17.9 Å². The first kappa shape index (κ1) is 18.5. The number of ether oxygens (including phenoxy) is 2. The van der Waals surface area contributed by atoms with Gasteiger partial charge in [0, 0.05) is 0 Å². The third-order valence-corrected chi connectivity index (χ3v) is 3.69. The first-order valence-electron chi connectivity index (χ1n) is 8.37. The fraction of sp³-hybridized carbons (Fsp3) is 0.300. The van der Waals surface area contributed by atoms with Gasteiger partial charge in [0.1, 0.15) is 5.75 Å². The van der Waals surface area contributed by atoms with Gasteiger partial charge in [0.15, 0.2) is 6.10 Å². The lowest BCUT2D eigenvalue weighted by Crippen LogP contribution is -2.30. The standard InChI is InChI=1S/C20H23NO4/c1-4-15-10-12-16(13-11-15)25-14(3)19(22)21-18-9-7-6-8-17(18)20(23)24-5-2/h6-14H,4-5H2,1-3H3,(H,21,22). The van der Waals surface area contributed by atoms with Gasteiger partial charge < -0.3 is 14.8 Å². The van der Waals surface area contributed by atoms with Crippen molar-refractivity contribution >= 4 is 17.6 Å². The lowest BCUT2D eigenvalue weighted by Gasteiger charge is -2.16. The van der Waals surface area contributed by atoms with Crippen LogP contribution in [0.25, 0.3) is 0 Å². The van der Waals surface area contributed by atoms with Crippen LogP contribution >= 0.6 is 0 Å².